The Balaban J connectivity index is 2.55. The van der Waals surface area contributed by atoms with Gasteiger partial charge in [-0.1, -0.05) is 5.16 Å². The highest BCUT2D eigenvalue weighted by atomic mass is 16.5. The van der Waals surface area contributed by atoms with Crippen molar-refractivity contribution < 1.29 is 9.26 Å². The first-order chi connectivity index (χ1) is 6.85. The summed E-state index contributed by atoms with van der Waals surface area (Å²) >= 11 is 0. The summed E-state index contributed by atoms with van der Waals surface area (Å²) in [6.45, 7) is 0. The molecule has 70 valence electrons. The van der Waals surface area contributed by atoms with Gasteiger partial charge >= 0.3 is 0 Å². The van der Waals surface area contributed by atoms with Crippen LogP contribution >= 0.6 is 0 Å². The molecule has 0 saturated heterocycles. The molecular formula is C10H8N2O2. The number of rotatable bonds is 2. The molecule has 0 radical (unpaired) electrons. The lowest BCUT2D eigenvalue weighted by Crippen LogP contribution is -1.82. The van der Waals surface area contributed by atoms with E-state index in [1.54, 1.807) is 13.2 Å². The summed E-state index contributed by atoms with van der Waals surface area (Å²) in [5, 5.41) is 13.2. The number of nitriles is 1. The molecule has 4 nitrogen and oxygen atoms in total. The first kappa shape index (κ1) is 8.57. The molecule has 0 atom stereocenters. The molecule has 1 aromatic carbocycles. The van der Waals surface area contributed by atoms with Gasteiger partial charge in [0.1, 0.15) is 11.3 Å². The number of nitrogens with zero attached hydrogens (tertiary/aromatic N) is 2. The molecule has 0 unspecified atom stereocenters. The Hall–Kier alpha value is -2.02. The molecular weight excluding hydrogens is 180 g/mol. The number of hydrogen-bond donors (Lipinski definition) is 0. The molecule has 0 saturated carbocycles. The van der Waals surface area contributed by atoms with Crippen LogP contribution in [0.15, 0.2) is 22.7 Å². The number of ether oxygens (including phenoxy) is 1. The van der Waals surface area contributed by atoms with E-state index in [1.165, 1.54) is 0 Å². The van der Waals surface area contributed by atoms with E-state index in [9.17, 15) is 0 Å². The van der Waals surface area contributed by atoms with Crippen molar-refractivity contribution in [2.45, 2.75) is 6.42 Å². The summed E-state index contributed by atoms with van der Waals surface area (Å²) in [6, 6.07) is 7.47. The Kier molecular flexibility index (Phi) is 2.07. The van der Waals surface area contributed by atoms with Gasteiger partial charge in [-0.2, -0.15) is 5.26 Å². The summed E-state index contributed by atoms with van der Waals surface area (Å²) < 4.78 is 10.1. The Bertz CT molecular complexity index is 496. The zero-order valence-corrected chi connectivity index (χ0v) is 7.65. The van der Waals surface area contributed by atoms with Crippen LogP contribution in [0.3, 0.4) is 0 Å². The van der Waals surface area contributed by atoms with Gasteiger partial charge in [-0.25, -0.2) is 0 Å². The van der Waals surface area contributed by atoms with Gasteiger partial charge in [0.2, 0.25) is 0 Å². The average molecular weight is 188 g/mol. The highest BCUT2D eigenvalue weighted by Gasteiger charge is 2.07. The Morgan fingerprint density at radius 3 is 3.14 bits per heavy atom. The lowest BCUT2D eigenvalue weighted by Gasteiger charge is -1.96. The molecule has 0 fully saturated rings. The third-order valence-electron chi connectivity index (χ3n) is 2.00. The lowest BCUT2D eigenvalue weighted by molar-refractivity contribution is 0.398. The van der Waals surface area contributed by atoms with Crippen molar-refractivity contribution in [3.63, 3.8) is 0 Å². The molecule has 0 aliphatic rings. The second kappa shape index (κ2) is 3.38. The van der Waals surface area contributed by atoms with Gasteiger partial charge < -0.3 is 9.26 Å². The number of fused-ring (bicyclic) bond motifs is 1. The van der Waals surface area contributed by atoms with Crippen molar-refractivity contribution in [2.24, 2.45) is 0 Å². The van der Waals surface area contributed by atoms with Crippen LogP contribution in [0.25, 0.3) is 10.9 Å². The average Bonchev–Trinajstić information content (AvgIpc) is 2.61. The number of benzene rings is 1. The van der Waals surface area contributed by atoms with E-state index in [0.29, 0.717) is 5.76 Å². The summed E-state index contributed by atoms with van der Waals surface area (Å²) in [5.74, 6) is 1.33. The zero-order valence-electron chi connectivity index (χ0n) is 7.65. The van der Waals surface area contributed by atoms with Gasteiger partial charge in [-0.15, -0.1) is 0 Å². The summed E-state index contributed by atoms with van der Waals surface area (Å²) in [4.78, 5) is 0. The summed E-state index contributed by atoms with van der Waals surface area (Å²) in [6.07, 6.45) is 0.239. The summed E-state index contributed by atoms with van der Waals surface area (Å²) in [7, 11) is 1.59. The minimum absolute atomic E-state index is 0.239. The van der Waals surface area contributed by atoms with Crippen LogP contribution in [0.1, 0.15) is 5.76 Å². The molecule has 0 bridgehead atoms. The maximum absolute atomic E-state index is 8.54. The quantitative estimate of drug-likeness (QED) is 0.722. The summed E-state index contributed by atoms with van der Waals surface area (Å²) in [5.41, 5.74) is 0.717. The fourth-order valence-electron chi connectivity index (χ4n) is 1.30. The van der Waals surface area contributed by atoms with E-state index >= 15 is 0 Å². The van der Waals surface area contributed by atoms with Crippen molar-refractivity contribution in [2.75, 3.05) is 7.11 Å². The Morgan fingerprint density at radius 1 is 1.57 bits per heavy atom. The van der Waals surface area contributed by atoms with Crippen LogP contribution in [-0.2, 0) is 6.42 Å². The second-order valence-corrected chi connectivity index (χ2v) is 2.82. The third-order valence-corrected chi connectivity index (χ3v) is 2.00. The van der Waals surface area contributed by atoms with Crippen LogP contribution in [0.4, 0.5) is 0 Å². The van der Waals surface area contributed by atoms with Gasteiger partial charge in [0, 0.05) is 11.5 Å². The predicted octanol–water partition coefficient (Wildman–Crippen LogP) is 1.90. The molecule has 1 heterocycles. The fraction of sp³-hybridized carbons (Fsp3) is 0.200. The maximum Gasteiger partial charge on any atom is 0.158 e. The SMILES string of the molecule is COc1ccc2c(CC#N)onc2c1. The third kappa shape index (κ3) is 1.29. The van der Waals surface area contributed by atoms with Crippen LogP contribution < -0.4 is 4.74 Å². The van der Waals surface area contributed by atoms with Crippen LogP contribution in [0.5, 0.6) is 5.75 Å². The van der Waals surface area contributed by atoms with Gasteiger partial charge in [0.25, 0.3) is 0 Å². The minimum atomic E-state index is 0.239. The molecule has 0 aliphatic heterocycles. The number of hydrogen-bond acceptors (Lipinski definition) is 4. The lowest BCUT2D eigenvalue weighted by atomic mass is 10.2. The van der Waals surface area contributed by atoms with Crippen molar-refractivity contribution in [3.05, 3.63) is 24.0 Å². The highest BCUT2D eigenvalue weighted by molar-refractivity contribution is 5.82. The Labute approximate surface area is 80.7 Å². The Morgan fingerprint density at radius 2 is 2.43 bits per heavy atom. The zero-order chi connectivity index (χ0) is 9.97. The van der Waals surface area contributed by atoms with Crippen molar-refractivity contribution in [1.82, 2.24) is 5.16 Å². The van der Waals surface area contributed by atoms with Crippen LogP contribution in [0.2, 0.25) is 0 Å². The molecule has 0 amide bonds. The largest absolute Gasteiger partial charge is 0.497 e. The van der Waals surface area contributed by atoms with E-state index < -0.39 is 0 Å². The van der Waals surface area contributed by atoms with E-state index in [1.807, 2.05) is 18.2 Å². The van der Waals surface area contributed by atoms with Crippen molar-refractivity contribution >= 4 is 10.9 Å². The molecule has 1 aromatic heterocycles. The molecule has 2 aromatic rings. The van der Waals surface area contributed by atoms with Gasteiger partial charge in [0.05, 0.1) is 19.6 Å². The van der Waals surface area contributed by atoms with Crippen molar-refractivity contribution in [3.8, 4) is 11.8 Å². The number of aromatic nitrogens is 1. The molecule has 0 aliphatic carbocycles. The van der Waals surface area contributed by atoms with E-state index in [-0.39, 0.29) is 6.42 Å². The first-order valence-electron chi connectivity index (χ1n) is 4.14. The minimum Gasteiger partial charge on any atom is -0.497 e. The van der Waals surface area contributed by atoms with Crippen LogP contribution in [0, 0.1) is 11.3 Å². The second-order valence-electron chi connectivity index (χ2n) is 2.82. The number of methoxy groups -OCH3 is 1. The van der Waals surface area contributed by atoms with Gasteiger partial charge in [-0.3, -0.25) is 0 Å². The standard InChI is InChI=1S/C10H8N2O2/c1-13-7-2-3-8-9(6-7)12-14-10(8)4-5-11/h2-3,6H,4H2,1H3. The molecule has 4 heteroatoms. The first-order valence-corrected chi connectivity index (χ1v) is 4.14. The normalized spacial score (nSPS) is 10.0. The molecule has 2 rings (SSSR count). The van der Waals surface area contributed by atoms with Gasteiger partial charge in [0.15, 0.2) is 5.76 Å². The molecule has 14 heavy (non-hydrogen) atoms. The molecule has 0 spiro atoms. The highest BCUT2D eigenvalue weighted by Crippen LogP contribution is 2.23. The van der Waals surface area contributed by atoms with E-state index in [2.05, 4.69) is 5.16 Å². The monoisotopic (exact) mass is 188 g/mol. The topological polar surface area (TPSA) is 59.0 Å². The predicted molar refractivity (Wildman–Crippen MR) is 49.9 cm³/mol. The maximum atomic E-state index is 8.54. The van der Waals surface area contributed by atoms with Gasteiger partial charge in [-0.05, 0) is 12.1 Å². The van der Waals surface area contributed by atoms with E-state index in [0.717, 1.165) is 16.7 Å². The molecule has 0 N–H and O–H groups in total. The smallest absolute Gasteiger partial charge is 0.158 e. The van der Waals surface area contributed by atoms with Crippen molar-refractivity contribution in [1.29, 1.82) is 5.26 Å². The van der Waals surface area contributed by atoms with E-state index in [4.69, 9.17) is 14.5 Å². The fourth-order valence-corrected chi connectivity index (χ4v) is 1.30. The van der Waals surface area contributed by atoms with Crippen LogP contribution in [-0.4, -0.2) is 12.3 Å².